The van der Waals surface area contributed by atoms with Gasteiger partial charge in [-0.3, -0.25) is 0 Å². The van der Waals surface area contributed by atoms with E-state index in [4.69, 9.17) is 10.9 Å². The maximum atomic E-state index is 8.97. The Morgan fingerprint density at radius 3 is 2.90 bits per heavy atom. The topological polar surface area (TPSA) is 61.8 Å². The summed E-state index contributed by atoms with van der Waals surface area (Å²) in [7, 11) is 0. The summed E-state index contributed by atoms with van der Waals surface area (Å²) in [5, 5.41) is 12.1. The molecule has 6 heteroatoms. The van der Waals surface area contributed by atoms with Gasteiger partial charge in [-0.05, 0) is 24.6 Å². The number of nitrogens with zero attached hydrogens (tertiary/aromatic N) is 2. The molecule has 0 spiro atoms. The molecule has 1 aromatic rings. The van der Waals surface area contributed by atoms with E-state index in [0.717, 1.165) is 41.0 Å². The van der Waals surface area contributed by atoms with Crippen molar-refractivity contribution in [2.24, 2.45) is 10.9 Å². The van der Waals surface area contributed by atoms with Crippen LogP contribution in [0.1, 0.15) is 25.8 Å². The van der Waals surface area contributed by atoms with E-state index >= 15 is 0 Å². The van der Waals surface area contributed by atoms with E-state index in [1.54, 1.807) is 0 Å². The molecule has 0 radical (unpaired) electrons. The van der Waals surface area contributed by atoms with E-state index in [9.17, 15) is 0 Å². The Labute approximate surface area is 132 Å². The highest BCUT2D eigenvalue weighted by Crippen LogP contribution is 2.33. The number of rotatable bonds is 2. The van der Waals surface area contributed by atoms with Crippen LogP contribution >= 0.6 is 27.7 Å². The van der Waals surface area contributed by atoms with Gasteiger partial charge in [0, 0.05) is 39.3 Å². The Bertz CT molecular complexity index is 519. The monoisotopic (exact) mass is 357 g/mol. The van der Waals surface area contributed by atoms with Gasteiger partial charge in [-0.2, -0.15) is 11.8 Å². The minimum Gasteiger partial charge on any atom is -0.409 e. The van der Waals surface area contributed by atoms with Gasteiger partial charge >= 0.3 is 0 Å². The van der Waals surface area contributed by atoms with Crippen LogP contribution in [0.2, 0.25) is 0 Å². The molecule has 110 valence electrons. The van der Waals surface area contributed by atoms with E-state index in [1.807, 2.05) is 30.0 Å². The highest BCUT2D eigenvalue weighted by atomic mass is 79.9. The van der Waals surface area contributed by atoms with Crippen LogP contribution in [0.5, 0.6) is 0 Å². The molecule has 1 aliphatic heterocycles. The Morgan fingerprint density at radius 1 is 1.45 bits per heavy atom. The first kappa shape index (κ1) is 15.5. The second-order valence-corrected chi connectivity index (χ2v) is 8.21. The van der Waals surface area contributed by atoms with Crippen molar-refractivity contribution in [2.75, 3.05) is 23.7 Å². The molecule has 3 N–H and O–H groups in total. The Hall–Kier alpha value is -0.880. The van der Waals surface area contributed by atoms with Crippen molar-refractivity contribution >= 4 is 39.2 Å². The second-order valence-electron chi connectivity index (χ2n) is 5.49. The summed E-state index contributed by atoms with van der Waals surface area (Å²) in [5.74, 6) is 1.23. The molecule has 0 atom stereocenters. The largest absolute Gasteiger partial charge is 0.409 e. The fourth-order valence-corrected chi connectivity index (χ4v) is 3.77. The van der Waals surface area contributed by atoms with E-state index in [0.29, 0.717) is 4.75 Å². The molecule has 2 rings (SSSR count). The van der Waals surface area contributed by atoms with Crippen molar-refractivity contribution in [2.45, 2.75) is 25.0 Å². The third-order valence-corrected chi connectivity index (χ3v) is 5.39. The normalized spacial score (nSPS) is 19.8. The molecular weight excluding hydrogens is 338 g/mol. The van der Waals surface area contributed by atoms with Gasteiger partial charge in [-0.1, -0.05) is 34.9 Å². The van der Waals surface area contributed by atoms with Crippen LogP contribution in [0.25, 0.3) is 0 Å². The summed E-state index contributed by atoms with van der Waals surface area (Å²) < 4.78 is 1.23. The van der Waals surface area contributed by atoms with Crippen molar-refractivity contribution in [3.63, 3.8) is 0 Å². The van der Waals surface area contributed by atoms with Gasteiger partial charge in [0.15, 0.2) is 5.84 Å². The first-order valence-electron chi connectivity index (χ1n) is 6.59. The minimum absolute atomic E-state index is 0.150. The van der Waals surface area contributed by atoms with E-state index in [1.165, 1.54) is 0 Å². The number of anilines is 1. The predicted octanol–water partition coefficient (Wildman–Crippen LogP) is 3.27. The van der Waals surface area contributed by atoms with Gasteiger partial charge in [-0.25, -0.2) is 0 Å². The Balaban J connectivity index is 2.32. The molecule has 0 saturated carbocycles. The standard InChI is InChI=1S/C14H20BrN3OS/c1-14(2)5-6-18(7-8-20-14)12-4-3-10(15)9-11(12)13(16)17-19/h3-4,9,19H,5-8H2,1-2H3,(H2,16,17). The summed E-state index contributed by atoms with van der Waals surface area (Å²) in [4.78, 5) is 2.32. The van der Waals surface area contributed by atoms with Gasteiger partial charge in [-0.15, -0.1) is 0 Å². The highest BCUT2D eigenvalue weighted by molar-refractivity contribution is 9.10. The zero-order valence-corrected chi connectivity index (χ0v) is 14.2. The van der Waals surface area contributed by atoms with Crippen molar-refractivity contribution < 1.29 is 5.21 Å². The number of oxime groups is 1. The maximum Gasteiger partial charge on any atom is 0.172 e. The van der Waals surface area contributed by atoms with Gasteiger partial charge < -0.3 is 15.8 Å². The SMILES string of the molecule is CC1(C)CCN(c2ccc(Br)cc2/C(N)=N/O)CCS1. The lowest BCUT2D eigenvalue weighted by atomic mass is 10.1. The smallest absolute Gasteiger partial charge is 0.172 e. The molecule has 1 fully saturated rings. The van der Waals surface area contributed by atoms with Crippen LogP contribution in [-0.4, -0.2) is 34.6 Å². The average Bonchev–Trinajstić information content (AvgIpc) is 2.59. The zero-order valence-electron chi connectivity index (χ0n) is 11.8. The summed E-state index contributed by atoms with van der Waals surface area (Å²) in [6, 6.07) is 5.92. The van der Waals surface area contributed by atoms with E-state index < -0.39 is 0 Å². The number of amidine groups is 1. The highest BCUT2D eigenvalue weighted by Gasteiger charge is 2.25. The Kier molecular flexibility index (Phi) is 4.86. The fraction of sp³-hybridized carbons (Fsp3) is 0.500. The summed E-state index contributed by atoms with van der Waals surface area (Å²) >= 11 is 5.44. The van der Waals surface area contributed by atoms with E-state index in [-0.39, 0.29) is 5.84 Å². The van der Waals surface area contributed by atoms with Gasteiger partial charge in [0.25, 0.3) is 0 Å². The fourth-order valence-electron chi connectivity index (χ4n) is 2.30. The van der Waals surface area contributed by atoms with Crippen LogP contribution in [0, 0.1) is 0 Å². The molecule has 0 unspecified atom stereocenters. The maximum absolute atomic E-state index is 8.97. The zero-order chi connectivity index (χ0) is 14.8. The molecule has 1 saturated heterocycles. The summed E-state index contributed by atoms with van der Waals surface area (Å²) in [6.45, 7) is 6.52. The summed E-state index contributed by atoms with van der Waals surface area (Å²) in [6.07, 6.45) is 1.11. The van der Waals surface area contributed by atoms with Crippen LogP contribution in [0.15, 0.2) is 27.8 Å². The lowest BCUT2D eigenvalue weighted by Gasteiger charge is -2.26. The number of halogens is 1. The van der Waals surface area contributed by atoms with Crippen molar-refractivity contribution in [1.29, 1.82) is 0 Å². The van der Waals surface area contributed by atoms with Gasteiger partial charge in [0.1, 0.15) is 0 Å². The predicted molar refractivity (Wildman–Crippen MR) is 90.0 cm³/mol. The van der Waals surface area contributed by atoms with Crippen LogP contribution < -0.4 is 10.6 Å². The molecule has 1 aliphatic rings. The molecule has 1 heterocycles. The Morgan fingerprint density at radius 2 is 2.20 bits per heavy atom. The first-order chi connectivity index (χ1) is 9.43. The number of hydrogen-bond acceptors (Lipinski definition) is 4. The molecule has 4 nitrogen and oxygen atoms in total. The molecule has 1 aromatic carbocycles. The summed E-state index contributed by atoms with van der Waals surface area (Å²) in [5.41, 5.74) is 7.61. The second kappa shape index (κ2) is 6.26. The van der Waals surface area contributed by atoms with Gasteiger partial charge in [0.05, 0.1) is 0 Å². The van der Waals surface area contributed by atoms with Crippen LogP contribution in [0.4, 0.5) is 5.69 Å². The minimum atomic E-state index is 0.150. The average molecular weight is 358 g/mol. The molecule has 0 amide bonds. The molecule has 0 aliphatic carbocycles. The number of nitrogens with two attached hydrogens (primary N) is 1. The van der Waals surface area contributed by atoms with Gasteiger partial charge in [0.2, 0.25) is 0 Å². The lowest BCUT2D eigenvalue weighted by Crippen LogP contribution is -2.29. The van der Waals surface area contributed by atoms with Crippen molar-refractivity contribution in [3.05, 3.63) is 28.2 Å². The van der Waals surface area contributed by atoms with Crippen LogP contribution in [-0.2, 0) is 0 Å². The molecule has 20 heavy (non-hydrogen) atoms. The van der Waals surface area contributed by atoms with E-state index in [2.05, 4.69) is 39.8 Å². The van der Waals surface area contributed by atoms with Crippen molar-refractivity contribution in [1.82, 2.24) is 0 Å². The van der Waals surface area contributed by atoms with Crippen molar-refractivity contribution in [3.8, 4) is 0 Å². The lowest BCUT2D eigenvalue weighted by molar-refractivity contribution is 0.318. The molecular formula is C14H20BrN3OS. The molecule has 0 bridgehead atoms. The third kappa shape index (κ3) is 3.61. The quantitative estimate of drug-likeness (QED) is 0.369. The number of thioether (sulfide) groups is 1. The molecule has 0 aromatic heterocycles. The number of benzene rings is 1. The van der Waals surface area contributed by atoms with Crippen LogP contribution in [0.3, 0.4) is 0 Å². The first-order valence-corrected chi connectivity index (χ1v) is 8.37. The number of hydrogen-bond donors (Lipinski definition) is 2. The third-order valence-electron chi connectivity index (χ3n) is 3.52.